The summed E-state index contributed by atoms with van der Waals surface area (Å²) in [6.45, 7) is 0. The maximum atomic E-state index is 13.2. The highest BCUT2D eigenvalue weighted by atomic mass is 35.5. The average molecular weight is 449 g/mol. The Kier molecular flexibility index (Phi) is 6.59. The van der Waals surface area contributed by atoms with Crippen LogP contribution < -0.4 is 5.32 Å². The number of hydrogen-bond donors (Lipinski definition) is 1. The zero-order valence-corrected chi connectivity index (χ0v) is 16.6. The number of alkyl halides is 3. The number of carbonyl (C=O) groups excluding carboxylic acids is 1. The molecule has 0 aliphatic carbocycles. The van der Waals surface area contributed by atoms with Gasteiger partial charge in [0.2, 0.25) is 5.91 Å². The van der Waals surface area contributed by atoms with Crippen LogP contribution >= 0.6 is 23.4 Å². The first-order chi connectivity index (χ1) is 14.3. The van der Waals surface area contributed by atoms with Crippen LogP contribution in [0.15, 0.2) is 59.8 Å². The molecule has 0 saturated heterocycles. The van der Waals surface area contributed by atoms with E-state index in [-0.39, 0.29) is 27.9 Å². The van der Waals surface area contributed by atoms with Crippen LogP contribution in [0.5, 0.6) is 0 Å². The van der Waals surface area contributed by atoms with Gasteiger partial charge in [-0.1, -0.05) is 53.7 Å². The van der Waals surface area contributed by atoms with Crippen molar-refractivity contribution in [2.75, 3.05) is 11.1 Å². The van der Waals surface area contributed by atoms with Crippen molar-refractivity contribution in [3.8, 4) is 17.3 Å². The molecule has 0 unspecified atom stereocenters. The van der Waals surface area contributed by atoms with Gasteiger partial charge in [-0.3, -0.25) is 4.79 Å². The highest BCUT2D eigenvalue weighted by Crippen LogP contribution is 2.32. The van der Waals surface area contributed by atoms with Crippen LogP contribution in [0.2, 0.25) is 5.02 Å². The van der Waals surface area contributed by atoms with E-state index < -0.39 is 17.8 Å². The van der Waals surface area contributed by atoms with E-state index in [0.29, 0.717) is 10.6 Å². The summed E-state index contributed by atoms with van der Waals surface area (Å²) in [5, 5.41) is 11.8. The lowest BCUT2D eigenvalue weighted by Crippen LogP contribution is -2.16. The Labute approximate surface area is 178 Å². The molecule has 2 aromatic carbocycles. The monoisotopic (exact) mass is 448 g/mol. The molecule has 1 N–H and O–H groups in total. The van der Waals surface area contributed by atoms with E-state index >= 15 is 0 Å². The highest BCUT2D eigenvalue weighted by Gasteiger charge is 2.34. The fourth-order valence-electron chi connectivity index (χ4n) is 2.43. The summed E-state index contributed by atoms with van der Waals surface area (Å²) in [7, 11) is 0. The van der Waals surface area contributed by atoms with Crippen molar-refractivity contribution in [2.45, 2.75) is 11.3 Å². The van der Waals surface area contributed by atoms with Crippen LogP contribution in [-0.4, -0.2) is 21.6 Å². The van der Waals surface area contributed by atoms with Gasteiger partial charge in [-0.2, -0.15) is 18.4 Å². The third-order valence-corrected chi connectivity index (χ3v) is 4.86. The van der Waals surface area contributed by atoms with E-state index in [1.165, 1.54) is 18.2 Å². The second-order valence-electron chi connectivity index (χ2n) is 5.92. The van der Waals surface area contributed by atoms with Crippen molar-refractivity contribution in [2.24, 2.45) is 0 Å². The van der Waals surface area contributed by atoms with Crippen molar-refractivity contribution in [3.05, 3.63) is 70.9 Å². The Morgan fingerprint density at radius 1 is 1.13 bits per heavy atom. The van der Waals surface area contributed by atoms with Crippen molar-refractivity contribution in [1.82, 2.24) is 9.97 Å². The third kappa shape index (κ3) is 5.49. The van der Waals surface area contributed by atoms with E-state index in [1.807, 2.05) is 6.07 Å². The summed E-state index contributed by atoms with van der Waals surface area (Å²) in [4.78, 5) is 19.9. The molecule has 3 aromatic rings. The number of aromatic nitrogens is 2. The summed E-state index contributed by atoms with van der Waals surface area (Å²) >= 11 is 6.63. The van der Waals surface area contributed by atoms with Gasteiger partial charge in [-0.25, -0.2) is 9.97 Å². The number of halogens is 4. The number of amides is 1. The highest BCUT2D eigenvalue weighted by molar-refractivity contribution is 7.99. The SMILES string of the molecule is N#Cc1ccc(Cl)cc1NC(=O)CSc1nc(-c2ccccc2)cc(C(F)(F)F)n1. The maximum Gasteiger partial charge on any atom is 0.433 e. The Morgan fingerprint density at radius 3 is 2.53 bits per heavy atom. The van der Waals surface area contributed by atoms with Crippen LogP contribution in [-0.2, 0) is 11.0 Å². The molecule has 0 atom stereocenters. The first-order valence-electron chi connectivity index (χ1n) is 8.40. The molecule has 0 fully saturated rings. The summed E-state index contributed by atoms with van der Waals surface area (Å²) in [5.41, 5.74) is -0.0810. The summed E-state index contributed by atoms with van der Waals surface area (Å²) in [6.07, 6.45) is -4.66. The van der Waals surface area contributed by atoms with Crippen molar-refractivity contribution in [1.29, 1.82) is 5.26 Å². The van der Waals surface area contributed by atoms with Crippen molar-refractivity contribution >= 4 is 35.0 Å². The lowest BCUT2D eigenvalue weighted by atomic mass is 10.1. The first kappa shape index (κ1) is 21.6. The van der Waals surface area contributed by atoms with Gasteiger partial charge in [0.1, 0.15) is 11.8 Å². The fourth-order valence-corrected chi connectivity index (χ4v) is 3.26. The summed E-state index contributed by atoms with van der Waals surface area (Å²) in [6, 6.07) is 15.5. The van der Waals surface area contributed by atoms with Gasteiger partial charge >= 0.3 is 6.18 Å². The van der Waals surface area contributed by atoms with Crippen molar-refractivity contribution in [3.63, 3.8) is 0 Å². The average Bonchev–Trinajstić information content (AvgIpc) is 2.72. The van der Waals surface area contributed by atoms with Gasteiger partial charge in [-0.15, -0.1) is 0 Å². The topological polar surface area (TPSA) is 78.7 Å². The van der Waals surface area contributed by atoms with E-state index in [1.54, 1.807) is 30.3 Å². The number of nitriles is 1. The Morgan fingerprint density at radius 2 is 1.87 bits per heavy atom. The smallest absolute Gasteiger partial charge is 0.324 e. The predicted molar refractivity (Wildman–Crippen MR) is 108 cm³/mol. The molecule has 0 spiro atoms. The van der Waals surface area contributed by atoms with Gasteiger partial charge in [0, 0.05) is 10.6 Å². The molecule has 0 bridgehead atoms. The largest absolute Gasteiger partial charge is 0.433 e. The number of rotatable bonds is 5. The van der Waals surface area contributed by atoms with Gasteiger partial charge in [0.25, 0.3) is 0 Å². The molecular weight excluding hydrogens is 437 g/mol. The minimum absolute atomic E-state index is 0.0995. The van der Waals surface area contributed by atoms with E-state index in [9.17, 15) is 18.0 Å². The second kappa shape index (κ2) is 9.15. The number of hydrogen-bond acceptors (Lipinski definition) is 5. The van der Waals surface area contributed by atoms with Gasteiger partial charge in [0.15, 0.2) is 5.16 Å². The van der Waals surface area contributed by atoms with Gasteiger partial charge < -0.3 is 5.32 Å². The molecule has 0 radical (unpaired) electrons. The Hall–Kier alpha value is -3.09. The number of carbonyl (C=O) groups is 1. The second-order valence-corrected chi connectivity index (χ2v) is 7.30. The van der Waals surface area contributed by atoms with Crippen LogP contribution in [0.1, 0.15) is 11.3 Å². The van der Waals surface area contributed by atoms with Crippen LogP contribution in [0.4, 0.5) is 18.9 Å². The molecule has 10 heteroatoms. The molecule has 5 nitrogen and oxygen atoms in total. The number of nitrogens with zero attached hydrogens (tertiary/aromatic N) is 3. The molecule has 0 saturated carbocycles. The summed E-state index contributed by atoms with van der Waals surface area (Å²) in [5.74, 6) is -0.798. The van der Waals surface area contributed by atoms with E-state index in [4.69, 9.17) is 16.9 Å². The predicted octanol–water partition coefficient (Wildman–Crippen LogP) is 5.42. The maximum absolute atomic E-state index is 13.2. The number of nitrogens with one attached hydrogen (secondary N) is 1. The standard InChI is InChI=1S/C20H12ClF3N4OS/c21-14-7-6-13(10-25)15(8-14)26-18(29)11-30-19-27-16(12-4-2-1-3-5-12)9-17(28-19)20(22,23)24/h1-9H,11H2,(H,26,29). The minimum Gasteiger partial charge on any atom is -0.324 e. The van der Waals surface area contributed by atoms with Gasteiger partial charge in [-0.05, 0) is 24.3 Å². The molecule has 0 aliphatic rings. The first-order valence-corrected chi connectivity index (χ1v) is 9.76. The van der Waals surface area contributed by atoms with Crippen LogP contribution in [0, 0.1) is 11.3 Å². The summed E-state index contributed by atoms with van der Waals surface area (Å²) < 4.78 is 39.7. The normalized spacial score (nSPS) is 11.0. The molecular formula is C20H12ClF3N4OS. The van der Waals surface area contributed by atoms with Crippen molar-refractivity contribution < 1.29 is 18.0 Å². The molecule has 152 valence electrons. The van der Waals surface area contributed by atoms with Crippen LogP contribution in [0.25, 0.3) is 11.3 Å². The molecule has 0 aliphatic heterocycles. The number of benzene rings is 2. The Bertz CT molecular complexity index is 1120. The Balaban J connectivity index is 1.80. The quantitative estimate of drug-likeness (QED) is 0.416. The zero-order valence-electron chi connectivity index (χ0n) is 15.1. The lowest BCUT2D eigenvalue weighted by Gasteiger charge is -2.11. The van der Waals surface area contributed by atoms with E-state index in [2.05, 4.69) is 15.3 Å². The molecule has 1 heterocycles. The van der Waals surface area contributed by atoms with Gasteiger partial charge in [0.05, 0.1) is 22.7 Å². The van der Waals surface area contributed by atoms with Crippen LogP contribution in [0.3, 0.4) is 0 Å². The molecule has 30 heavy (non-hydrogen) atoms. The third-order valence-electron chi connectivity index (χ3n) is 3.77. The lowest BCUT2D eigenvalue weighted by molar-refractivity contribution is -0.141. The zero-order chi connectivity index (χ0) is 21.7. The molecule has 1 amide bonds. The number of thioether (sulfide) groups is 1. The minimum atomic E-state index is -4.66. The molecule has 1 aromatic heterocycles. The number of anilines is 1. The van der Waals surface area contributed by atoms with E-state index in [0.717, 1.165) is 17.8 Å². The molecule has 3 rings (SSSR count). The fraction of sp³-hybridized carbons (Fsp3) is 0.100.